The van der Waals surface area contributed by atoms with E-state index in [0.29, 0.717) is 24.4 Å². The first-order chi connectivity index (χ1) is 12.7. The molecule has 0 spiro atoms. The number of oxazole rings is 1. The molecule has 1 N–H and O–H groups in total. The highest BCUT2D eigenvalue weighted by molar-refractivity contribution is 5.94. The molecule has 0 bridgehead atoms. The Labute approximate surface area is 150 Å². The first-order valence-electron chi connectivity index (χ1n) is 8.14. The van der Waals surface area contributed by atoms with Crippen LogP contribution in [0.3, 0.4) is 0 Å². The van der Waals surface area contributed by atoms with Crippen molar-refractivity contribution in [1.82, 2.24) is 10.3 Å². The number of amides is 1. The van der Waals surface area contributed by atoms with Gasteiger partial charge in [-0.25, -0.2) is 9.78 Å². The van der Waals surface area contributed by atoms with E-state index in [2.05, 4.69) is 15.0 Å². The molecule has 6 heteroatoms. The first-order valence-corrected chi connectivity index (χ1v) is 8.14. The predicted octanol–water partition coefficient (Wildman–Crippen LogP) is 3.10. The molecule has 0 aliphatic heterocycles. The molecule has 1 amide bonds. The Morgan fingerprint density at radius 2 is 1.73 bits per heavy atom. The average molecular weight is 350 g/mol. The molecule has 1 aromatic heterocycles. The third-order valence-corrected chi connectivity index (χ3v) is 3.82. The van der Waals surface area contributed by atoms with Gasteiger partial charge in [0.2, 0.25) is 0 Å². The van der Waals surface area contributed by atoms with Crippen LogP contribution in [0.1, 0.15) is 26.7 Å². The Kier molecular flexibility index (Phi) is 5.43. The van der Waals surface area contributed by atoms with Crippen LogP contribution in [0.25, 0.3) is 11.1 Å². The van der Waals surface area contributed by atoms with Gasteiger partial charge in [-0.15, -0.1) is 0 Å². The van der Waals surface area contributed by atoms with Crippen molar-refractivity contribution in [3.63, 3.8) is 0 Å². The second-order valence-electron chi connectivity index (χ2n) is 5.57. The minimum atomic E-state index is -0.553. The SMILES string of the molecule is COC(=O)c1coc(CCNC(=O)c2ccc(-c3ccccc3)cc2)n1. The van der Waals surface area contributed by atoms with E-state index >= 15 is 0 Å². The minimum Gasteiger partial charge on any atom is -0.464 e. The summed E-state index contributed by atoms with van der Waals surface area (Å²) in [6, 6.07) is 17.4. The van der Waals surface area contributed by atoms with Gasteiger partial charge >= 0.3 is 5.97 Å². The van der Waals surface area contributed by atoms with Crippen LogP contribution in [-0.4, -0.2) is 30.5 Å². The van der Waals surface area contributed by atoms with Gasteiger partial charge in [-0.05, 0) is 23.3 Å². The Morgan fingerprint density at radius 1 is 1.04 bits per heavy atom. The lowest BCUT2D eigenvalue weighted by molar-refractivity contribution is 0.0593. The number of hydrogen-bond acceptors (Lipinski definition) is 5. The van der Waals surface area contributed by atoms with Gasteiger partial charge in [-0.1, -0.05) is 42.5 Å². The van der Waals surface area contributed by atoms with E-state index in [0.717, 1.165) is 11.1 Å². The fraction of sp³-hybridized carbons (Fsp3) is 0.150. The number of carbonyl (C=O) groups excluding carboxylic acids is 2. The van der Waals surface area contributed by atoms with Crippen molar-refractivity contribution in [3.05, 3.63) is 78.0 Å². The quantitative estimate of drug-likeness (QED) is 0.691. The molecule has 1 heterocycles. The van der Waals surface area contributed by atoms with E-state index in [1.165, 1.54) is 13.4 Å². The van der Waals surface area contributed by atoms with E-state index in [9.17, 15) is 9.59 Å². The zero-order chi connectivity index (χ0) is 18.4. The summed E-state index contributed by atoms with van der Waals surface area (Å²) < 4.78 is 9.74. The number of rotatable bonds is 6. The largest absolute Gasteiger partial charge is 0.464 e. The monoisotopic (exact) mass is 350 g/mol. The predicted molar refractivity (Wildman–Crippen MR) is 95.8 cm³/mol. The van der Waals surface area contributed by atoms with Gasteiger partial charge in [0.05, 0.1) is 7.11 Å². The van der Waals surface area contributed by atoms with Gasteiger partial charge in [-0.3, -0.25) is 4.79 Å². The molecule has 0 aliphatic carbocycles. The summed E-state index contributed by atoms with van der Waals surface area (Å²) in [5.41, 5.74) is 2.85. The fourth-order valence-corrected chi connectivity index (χ4v) is 2.45. The molecule has 2 aromatic carbocycles. The zero-order valence-corrected chi connectivity index (χ0v) is 14.3. The molecule has 0 aliphatic rings. The van der Waals surface area contributed by atoms with Crippen molar-refractivity contribution in [2.75, 3.05) is 13.7 Å². The molecule has 0 saturated heterocycles. The highest BCUT2D eigenvalue weighted by Gasteiger charge is 2.12. The maximum absolute atomic E-state index is 12.2. The third kappa shape index (κ3) is 4.16. The third-order valence-electron chi connectivity index (χ3n) is 3.82. The molecule has 0 saturated carbocycles. The number of carbonyl (C=O) groups is 2. The van der Waals surface area contributed by atoms with Gasteiger partial charge in [0.15, 0.2) is 11.6 Å². The number of nitrogens with one attached hydrogen (secondary N) is 1. The maximum atomic E-state index is 12.2. The number of aromatic nitrogens is 1. The maximum Gasteiger partial charge on any atom is 0.360 e. The molecular weight excluding hydrogens is 332 g/mol. The lowest BCUT2D eigenvalue weighted by atomic mass is 10.0. The van der Waals surface area contributed by atoms with Crippen LogP contribution in [-0.2, 0) is 11.2 Å². The van der Waals surface area contributed by atoms with E-state index in [4.69, 9.17) is 4.42 Å². The minimum absolute atomic E-state index is 0.116. The van der Waals surface area contributed by atoms with Gasteiger partial charge < -0.3 is 14.5 Å². The Hall–Kier alpha value is -3.41. The summed E-state index contributed by atoms with van der Waals surface area (Å²) in [5, 5.41) is 2.80. The average Bonchev–Trinajstić information content (AvgIpc) is 3.17. The van der Waals surface area contributed by atoms with Crippen molar-refractivity contribution in [1.29, 1.82) is 0 Å². The van der Waals surface area contributed by atoms with Crippen LogP contribution < -0.4 is 5.32 Å². The second-order valence-corrected chi connectivity index (χ2v) is 5.57. The highest BCUT2D eigenvalue weighted by Crippen LogP contribution is 2.19. The molecule has 26 heavy (non-hydrogen) atoms. The number of hydrogen-bond donors (Lipinski definition) is 1. The van der Waals surface area contributed by atoms with Crippen molar-refractivity contribution < 1.29 is 18.7 Å². The number of benzene rings is 2. The number of nitrogens with zero attached hydrogens (tertiary/aromatic N) is 1. The van der Waals surface area contributed by atoms with Crippen molar-refractivity contribution in [2.24, 2.45) is 0 Å². The van der Waals surface area contributed by atoms with Crippen LogP contribution in [0, 0.1) is 0 Å². The summed E-state index contributed by atoms with van der Waals surface area (Å²) in [5.74, 6) is -0.364. The Bertz CT molecular complexity index is 886. The molecule has 3 rings (SSSR count). The highest BCUT2D eigenvalue weighted by atomic mass is 16.5. The second kappa shape index (κ2) is 8.11. The van der Waals surface area contributed by atoms with Crippen LogP contribution in [0.5, 0.6) is 0 Å². The summed E-state index contributed by atoms with van der Waals surface area (Å²) in [6.45, 7) is 0.348. The fourth-order valence-electron chi connectivity index (χ4n) is 2.45. The van der Waals surface area contributed by atoms with E-state index < -0.39 is 5.97 Å². The Balaban J connectivity index is 1.53. The molecule has 0 radical (unpaired) electrons. The zero-order valence-electron chi connectivity index (χ0n) is 14.3. The van der Waals surface area contributed by atoms with Crippen LogP contribution in [0.2, 0.25) is 0 Å². The van der Waals surface area contributed by atoms with E-state index in [-0.39, 0.29) is 11.6 Å². The standard InChI is InChI=1S/C20H18N2O4/c1-25-20(24)17-13-26-18(22-17)11-12-21-19(23)16-9-7-15(8-10-16)14-5-3-2-4-6-14/h2-10,13H,11-12H2,1H3,(H,21,23). The molecule has 0 unspecified atom stereocenters. The van der Waals surface area contributed by atoms with Gasteiger partial charge in [0, 0.05) is 18.5 Å². The number of esters is 1. The van der Waals surface area contributed by atoms with E-state index in [1.807, 2.05) is 42.5 Å². The summed E-state index contributed by atoms with van der Waals surface area (Å²) in [4.78, 5) is 27.5. The summed E-state index contributed by atoms with van der Waals surface area (Å²) in [6.07, 6.45) is 1.62. The molecular formula is C20H18N2O4. The van der Waals surface area contributed by atoms with Gasteiger partial charge in [0.1, 0.15) is 6.26 Å². The Morgan fingerprint density at radius 3 is 2.42 bits per heavy atom. The van der Waals surface area contributed by atoms with Crippen molar-refractivity contribution >= 4 is 11.9 Å². The molecule has 0 fully saturated rings. The van der Waals surface area contributed by atoms with Crippen LogP contribution in [0.4, 0.5) is 0 Å². The number of ether oxygens (including phenoxy) is 1. The first kappa shape index (κ1) is 17.4. The van der Waals surface area contributed by atoms with Gasteiger partial charge in [0.25, 0.3) is 5.91 Å². The van der Waals surface area contributed by atoms with Crippen molar-refractivity contribution in [2.45, 2.75) is 6.42 Å². The molecule has 0 atom stereocenters. The molecule has 132 valence electrons. The summed E-state index contributed by atoms with van der Waals surface area (Å²) >= 11 is 0. The van der Waals surface area contributed by atoms with Crippen LogP contribution in [0.15, 0.2) is 65.3 Å². The number of methoxy groups -OCH3 is 1. The van der Waals surface area contributed by atoms with Crippen molar-refractivity contribution in [3.8, 4) is 11.1 Å². The summed E-state index contributed by atoms with van der Waals surface area (Å²) in [7, 11) is 1.28. The smallest absolute Gasteiger partial charge is 0.360 e. The molecule has 3 aromatic rings. The van der Waals surface area contributed by atoms with Crippen LogP contribution >= 0.6 is 0 Å². The lowest BCUT2D eigenvalue weighted by Crippen LogP contribution is -2.25. The normalized spacial score (nSPS) is 10.3. The van der Waals surface area contributed by atoms with E-state index in [1.54, 1.807) is 12.1 Å². The van der Waals surface area contributed by atoms with Gasteiger partial charge in [-0.2, -0.15) is 0 Å². The molecule has 6 nitrogen and oxygen atoms in total. The topological polar surface area (TPSA) is 81.4 Å². The lowest BCUT2D eigenvalue weighted by Gasteiger charge is -2.06.